The van der Waals surface area contributed by atoms with Gasteiger partial charge in [0.1, 0.15) is 12.4 Å². The lowest BCUT2D eigenvalue weighted by molar-refractivity contribution is 0.126. The molecule has 0 amide bonds. The van der Waals surface area contributed by atoms with Crippen molar-refractivity contribution in [2.75, 3.05) is 12.4 Å². The lowest BCUT2D eigenvalue weighted by Gasteiger charge is -2.17. The monoisotopic (exact) mass is 384 g/mol. The van der Waals surface area contributed by atoms with Crippen LogP contribution >= 0.6 is 11.8 Å². The van der Waals surface area contributed by atoms with Gasteiger partial charge in [0.25, 0.3) is 5.56 Å². The largest absolute Gasteiger partial charge is 0.491 e. The van der Waals surface area contributed by atoms with E-state index >= 15 is 0 Å². The van der Waals surface area contributed by atoms with Crippen LogP contribution in [0.3, 0.4) is 0 Å². The van der Waals surface area contributed by atoms with E-state index in [1.54, 1.807) is 10.6 Å². The minimum atomic E-state index is -0.666. The van der Waals surface area contributed by atoms with Crippen molar-refractivity contribution in [1.82, 2.24) is 9.55 Å². The Morgan fingerprint density at radius 1 is 1.15 bits per heavy atom. The van der Waals surface area contributed by atoms with Gasteiger partial charge in [0, 0.05) is 11.8 Å². The van der Waals surface area contributed by atoms with E-state index in [1.807, 2.05) is 63.2 Å². The fourth-order valence-electron chi connectivity index (χ4n) is 2.73. The highest BCUT2D eigenvalue weighted by atomic mass is 32.2. The maximum Gasteiger partial charge on any atom is 0.262 e. The fourth-order valence-corrected chi connectivity index (χ4v) is 3.76. The number of aliphatic hydroxyl groups is 1. The second-order valence-corrected chi connectivity index (χ2v) is 7.76. The zero-order valence-corrected chi connectivity index (χ0v) is 16.6. The van der Waals surface area contributed by atoms with Crippen LogP contribution in [0.25, 0.3) is 10.9 Å². The molecule has 0 aliphatic heterocycles. The van der Waals surface area contributed by atoms with Gasteiger partial charge < -0.3 is 9.84 Å². The molecule has 0 unspecified atom stereocenters. The molecular weight excluding hydrogens is 360 g/mol. The summed E-state index contributed by atoms with van der Waals surface area (Å²) in [6.45, 7) is 6.12. The summed E-state index contributed by atoms with van der Waals surface area (Å²) in [5.41, 5.74) is 1.78. The smallest absolute Gasteiger partial charge is 0.262 e. The Kier molecular flexibility index (Phi) is 6.19. The molecule has 0 fully saturated rings. The van der Waals surface area contributed by atoms with E-state index in [0.29, 0.717) is 21.8 Å². The summed E-state index contributed by atoms with van der Waals surface area (Å²) >= 11 is 1.37. The summed E-state index contributed by atoms with van der Waals surface area (Å²) < 4.78 is 7.31. The van der Waals surface area contributed by atoms with Crippen molar-refractivity contribution in [1.29, 1.82) is 0 Å². The van der Waals surface area contributed by atoms with Crippen LogP contribution in [-0.2, 0) is 0 Å². The second kappa shape index (κ2) is 8.59. The summed E-state index contributed by atoms with van der Waals surface area (Å²) in [6.07, 6.45) is -0.666. The van der Waals surface area contributed by atoms with Crippen LogP contribution in [0, 0.1) is 6.92 Å². The number of thioether (sulfide) groups is 1. The number of nitrogens with zero attached hydrogens (tertiary/aromatic N) is 2. The Labute approximate surface area is 163 Å². The summed E-state index contributed by atoms with van der Waals surface area (Å²) in [7, 11) is 0. The average molecular weight is 385 g/mol. The zero-order chi connectivity index (χ0) is 19.4. The molecule has 0 aliphatic rings. The maximum absolute atomic E-state index is 12.8. The molecular formula is C21H24N2O3S. The van der Waals surface area contributed by atoms with Crippen molar-refractivity contribution in [3.8, 4) is 5.75 Å². The first-order chi connectivity index (χ1) is 13.0. The summed E-state index contributed by atoms with van der Waals surface area (Å²) in [5.74, 6) is 1.12. The molecule has 142 valence electrons. The number of benzene rings is 2. The Bertz CT molecular complexity index is 967. The highest BCUT2D eigenvalue weighted by Gasteiger charge is 2.15. The predicted octanol–water partition coefficient (Wildman–Crippen LogP) is 3.82. The Morgan fingerprint density at radius 3 is 2.56 bits per heavy atom. The van der Waals surface area contributed by atoms with Gasteiger partial charge >= 0.3 is 0 Å². The highest BCUT2D eigenvalue weighted by molar-refractivity contribution is 7.99. The Morgan fingerprint density at radius 2 is 1.85 bits per heavy atom. The molecule has 1 N–H and O–H groups in total. The third-order valence-corrected chi connectivity index (χ3v) is 5.26. The second-order valence-electron chi connectivity index (χ2n) is 6.77. The van der Waals surface area contributed by atoms with Gasteiger partial charge in [-0.2, -0.15) is 0 Å². The molecule has 5 nitrogen and oxygen atoms in total. The van der Waals surface area contributed by atoms with Crippen molar-refractivity contribution < 1.29 is 9.84 Å². The van der Waals surface area contributed by atoms with Gasteiger partial charge in [-0.1, -0.05) is 41.6 Å². The highest BCUT2D eigenvalue weighted by Crippen LogP contribution is 2.22. The van der Waals surface area contributed by atoms with Gasteiger partial charge in [0.2, 0.25) is 0 Å². The summed E-state index contributed by atoms with van der Waals surface area (Å²) in [6, 6.07) is 15.0. The van der Waals surface area contributed by atoms with E-state index in [2.05, 4.69) is 4.98 Å². The van der Waals surface area contributed by atoms with Gasteiger partial charge in [-0.25, -0.2) is 4.98 Å². The topological polar surface area (TPSA) is 64.3 Å². The first-order valence-corrected chi connectivity index (χ1v) is 9.96. The van der Waals surface area contributed by atoms with Gasteiger partial charge in [-0.3, -0.25) is 9.36 Å². The number of ether oxygens (including phenoxy) is 1. The molecule has 3 rings (SSSR count). The normalized spacial score (nSPS) is 12.5. The van der Waals surface area contributed by atoms with Crippen LogP contribution in [0.15, 0.2) is 58.5 Å². The van der Waals surface area contributed by atoms with Crippen LogP contribution in [0.4, 0.5) is 0 Å². The molecule has 0 radical (unpaired) electrons. The van der Waals surface area contributed by atoms with E-state index in [4.69, 9.17) is 4.74 Å². The molecule has 1 aromatic heterocycles. The van der Waals surface area contributed by atoms with Gasteiger partial charge in [0.05, 0.1) is 17.0 Å². The molecule has 1 heterocycles. The standard InChI is InChI=1S/C21H24N2O3S/c1-14(2)23-20(25)18-6-4-5-7-19(18)22-21(23)27-13-16(24)12-26-17-10-8-15(3)9-11-17/h4-11,14,16,24H,12-13H2,1-3H3/t16-/m0/s1. The lowest BCUT2D eigenvalue weighted by atomic mass is 10.2. The van der Waals surface area contributed by atoms with Gasteiger partial charge in [0.15, 0.2) is 5.16 Å². The number of hydrogen-bond donors (Lipinski definition) is 1. The van der Waals surface area contributed by atoms with Gasteiger partial charge in [-0.05, 0) is 45.0 Å². The number of fused-ring (bicyclic) bond motifs is 1. The SMILES string of the molecule is Cc1ccc(OC[C@H](O)CSc2nc3ccccc3c(=O)n2C(C)C)cc1. The Hall–Kier alpha value is -2.31. The third kappa shape index (κ3) is 4.70. The number of aliphatic hydroxyl groups excluding tert-OH is 1. The van der Waals surface area contributed by atoms with E-state index in [0.717, 1.165) is 11.3 Å². The molecule has 0 spiro atoms. The molecule has 0 saturated heterocycles. The predicted molar refractivity (Wildman–Crippen MR) is 110 cm³/mol. The van der Waals surface area contributed by atoms with E-state index in [9.17, 15) is 9.90 Å². The molecule has 2 aromatic carbocycles. The molecule has 0 saturated carbocycles. The molecule has 1 atom stereocenters. The minimum absolute atomic E-state index is 0.0157. The van der Waals surface area contributed by atoms with Crippen molar-refractivity contribution in [3.05, 3.63) is 64.4 Å². The minimum Gasteiger partial charge on any atom is -0.491 e. The average Bonchev–Trinajstić information content (AvgIpc) is 2.65. The molecule has 0 aliphatic carbocycles. The van der Waals surface area contributed by atoms with Crippen molar-refractivity contribution in [2.45, 2.75) is 38.1 Å². The van der Waals surface area contributed by atoms with Gasteiger partial charge in [-0.15, -0.1) is 0 Å². The molecule has 3 aromatic rings. The lowest BCUT2D eigenvalue weighted by Crippen LogP contribution is -2.26. The van der Waals surface area contributed by atoms with E-state index in [1.165, 1.54) is 11.8 Å². The van der Waals surface area contributed by atoms with Crippen molar-refractivity contribution in [2.24, 2.45) is 0 Å². The number of aromatic nitrogens is 2. The van der Waals surface area contributed by atoms with Crippen LogP contribution in [0.5, 0.6) is 5.75 Å². The van der Waals surface area contributed by atoms with Crippen molar-refractivity contribution in [3.63, 3.8) is 0 Å². The van der Waals surface area contributed by atoms with Crippen molar-refractivity contribution >= 4 is 22.7 Å². The number of rotatable bonds is 7. The Balaban J connectivity index is 1.71. The first kappa shape index (κ1) is 19.5. The first-order valence-electron chi connectivity index (χ1n) is 8.97. The van der Waals surface area contributed by atoms with Crippen LogP contribution in [-0.4, -0.2) is 33.1 Å². The van der Waals surface area contributed by atoms with Crippen LogP contribution in [0.1, 0.15) is 25.5 Å². The quantitative estimate of drug-likeness (QED) is 0.496. The van der Waals surface area contributed by atoms with Crippen LogP contribution in [0.2, 0.25) is 0 Å². The van der Waals surface area contributed by atoms with Crippen LogP contribution < -0.4 is 10.3 Å². The molecule has 6 heteroatoms. The fraction of sp³-hybridized carbons (Fsp3) is 0.333. The summed E-state index contributed by atoms with van der Waals surface area (Å²) in [5, 5.41) is 11.5. The summed E-state index contributed by atoms with van der Waals surface area (Å²) in [4.78, 5) is 17.4. The number of para-hydroxylation sites is 1. The zero-order valence-electron chi connectivity index (χ0n) is 15.8. The third-order valence-electron chi connectivity index (χ3n) is 4.16. The number of aryl methyl sites for hydroxylation is 1. The molecule has 0 bridgehead atoms. The molecule has 27 heavy (non-hydrogen) atoms. The number of hydrogen-bond acceptors (Lipinski definition) is 5. The van der Waals surface area contributed by atoms with E-state index in [-0.39, 0.29) is 18.2 Å². The van der Waals surface area contributed by atoms with E-state index < -0.39 is 6.10 Å². The maximum atomic E-state index is 12.8.